The number of hydrogen-bond acceptors (Lipinski definition) is 4. The molecule has 0 saturated carbocycles. The number of nitrogens with one attached hydrogen (secondary N) is 1. The summed E-state index contributed by atoms with van der Waals surface area (Å²) in [6.07, 6.45) is 2.98. The fourth-order valence-electron chi connectivity index (χ4n) is 2.34. The van der Waals surface area contributed by atoms with E-state index in [0.717, 1.165) is 19.6 Å². The number of fused-ring (bicyclic) bond motifs is 1. The van der Waals surface area contributed by atoms with E-state index in [1.165, 1.54) is 17.4 Å². The molecule has 1 unspecified atom stereocenters. The van der Waals surface area contributed by atoms with Crippen molar-refractivity contribution < 1.29 is 13.2 Å². The molecule has 1 aromatic carbocycles. The first-order valence-corrected chi connectivity index (χ1v) is 8.70. The first kappa shape index (κ1) is 14.5. The fraction of sp³-hybridized carbons (Fsp3) is 0.571. The van der Waals surface area contributed by atoms with Crippen LogP contribution in [0, 0.1) is 0 Å². The van der Waals surface area contributed by atoms with Crippen LogP contribution in [-0.2, 0) is 21.0 Å². The fourth-order valence-corrected chi connectivity index (χ4v) is 3.01. The molecule has 0 aliphatic carbocycles. The van der Waals surface area contributed by atoms with Crippen molar-refractivity contribution in [2.75, 3.05) is 31.7 Å². The van der Waals surface area contributed by atoms with E-state index < -0.39 is 9.84 Å². The van der Waals surface area contributed by atoms with Crippen molar-refractivity contribution in [3.05, 3.63) is 35.4 Å². The van der Waals surface area contributed by atoms with Crippen LogP contribution in [0.1, 0.15) is 23.7 Å². The first-order valence-electron chi connectivity index (χ1n) is 6.64. The minimum absolute atomic E-state index is 0.0863. The Morgan fingerprint density at radius 1 is 1.37 bits per heavy atom. The maximum atomic E-state index is 11.0. The molecule has 5 heteroatoms. The average Bonchev–Trinajstić information content (AvgIpc) is 2.37. The second-order valence-electron chi connectivity index (χ2n) is 5.00. The van der Waals surface area contributed by atoms with E-state index >= 15 is 0 Å². The Balaban J connectivity index is 1.78. The zero-order valence-corrected chi connectivity index (χ0v) is 12.1. The summed E-state index contributed by atoms with van der Waals surface area (Å²) in [5, 5.41) is 3.28. The van der Waals surface area contributed by atoms with Gasteiger partial charge < -0.3 is 10.1 Å². The van der Waals surface area contributed by atoms with Gasteiger partial charge in [-0.15, -0.1) is 0 Å². The molecule has 1 atom stereocenters. The number of benzene rings is 1. The molecule has 0 aromatic heterocycles. The van der Waals surface area contributed by atoms with E-state index in [0.29, 0.717) is 13.0 Å². The zero-order chi connectivity index (χ0) is 13.7. The molecule has 1 heterocycles. The third kappa shape index (κ3) is 4.60. The Morgan fingerprint density at radius 2 is 2.16 bits per heavy atom. The number of ether oxygens (including phenoxy) is 1. The van der Waals surface area contributed by atoms with E-state index in [1.807, 2.05) is 6.07 Å². The monoisotopic (exact) mass is 283 g/mol. The molecule has 0 saturated heterocycles. The highest BCUT2D eigenvalue weighted by Crippen LogP contribution is 2.25. The average molecular weight is 283 g/mol. The Kier molecular flexibility index (Phi) is 4.96. The van der Waals surface area contributed by atoms with Gasteiger partial charge in [0.05, 0.1) is 18.5 Å². The molecule has 106 valence electrons. The molecule has 0 fully saturated rings. The molecule has 0 amide bonds. The molecular formula is C14H21NO3S. The van der Waals surface area contributed by atoms with Gasteiger partial charge in [-0.1, -0.05) is 24.3 Å². The predicted octanol–water partition coefficient (Wildman–Crippen LogP) is 1.32. The summed E-state index contributed by atoms with van der Waals surface area (Å²) >= 11 is 0. The van der Waals surface area contributed by atoms with E-state index in [2.05, 4.69) is 23.5 Å². The van der Waals surface area contributed by atoms with E-state index in [-0.39, 0.29) is 11.9 Å². The van der Waals surface area contributed by atoms with Gasteiger partial charge in [-0.2, -0.15) is 0 Å². The first-order chi connectivity index (χ1) is 9.06. The van der Waals surface area contributed by atoms with Crippen molar-refractivity contribution in [1.82, 2.24) is 5.32 Å². The smallest absolute Gasteiger partial charge is 0.147 e. The van der Waals surface area contributed by atoms with Crippen molar-refractivity contribution in [3.8, 4) is 0 Å². The van der Waals surface area contributed by atoms with Crippen LogP contribution in [0.3, 0.4) is 0 Å². The summed E-state index contributed by atoms with van der Waals surface area (Å²) < 4.78 is 27.8. The summed E-state index contributed by atoms with van der Waals surface area (Å²) in [5.41, 5.74) is 2.61. The highest BCUT2D eigenvalue weighted by atomic mass is 32.2. The number of hydrogen-bond donors (Lipinski definition) is 1. The van der Waals surface area contributed by atoms with Crippen LogP contribution < -0.4 is 5.32 Å². The lowest BCUT2D eigenvalue weighted by Gasteiger charge is -2.26. The lowest BCUT2D eigenvalue weighted by atomic mass is 9.97. The summed E-state index contributed by atoms with van der Waals surface area (Å²) in [4.78, 5) is 0. The summed E-state index contributed by atoms with van der Waals surface area (Å²) in [7, 11) is -2.85. The van der Waals surface area contributed by atoms with Gasteiger partial charge in [-0.25, -0.2) is 8.42 Å². The van der Waals surface area contributed by atoms with Gasteiger partial charge in [-0.05, 0) is 30.5 Å². The van der Waals surface area contributed by atoms with Gasteiger partial charge in [0, 0.05) is 12.8 Å². The number of sulfone groups is 1. The lowest BCUT2D eigenvalue weighted by molar-refractivity contribution is 0.0427. The Hall–Kier alpha value is -0.910. The molecule has 2 rings (SSSR count). The summed E-state index contributed by atoms with van der Waals surface area (Å²) in [6, 6.07) is 8.34. The van der Waals surface area contributed by atoms with Gasteiger partial charge in [0.25, 0.3) is 0 Å². The highest BCUT2D eigenvalue weighted by molar-refractivity contribution is 7.90. The van der Waals surface area contributed by atoms with Crippen LogP contribution >= 0.6 is 0 Å². The Labute approximate surface area is 115 Å². The molecule has 19 heavy (non-hydrogen) atoms. The second-order valence-corrected chi connectivity index (χ2v) is 7.26. The van der Waals surface area contributed by atoms with Crippen LogP contribution in [0.25, 0.3) is 0 Å². The third-order valence-corrected chi connectivity index (χ3v) is 4.32. The number of rotatable bonds is 6. The standard InChI is InChI=1S/C14H21NO3S/c1-19(16,17)10-4-8-15-11-14-13-6-3-2-5-12(13)7-9-18-14/h2-3,5-6,14-15H,4,7-11H2,1H3. The van der Waals surface area contributed by atoms with Crippen molar-refractivity contribution in [1.29, 1.82) is 0 Å². The minimum Gasteiger partial charge on any atom is -0.372 e. The maximum Gasteiger partial charge on any atom is 0.147 e. The van der Waals surface area contributed by atoms with Gasteiger partial charge in [0.1, 0.15) is 9.84 Å². The minimum atomic E-state index is -2.85. The lowest BCUT2D eigenvalue weighted by Crippen LogP contribution is -2.28. The van der Waals surface area contributed by atoms with Crippen LogP contribution in [0.2, 0.25) is 0 Å². The van der Waals surface area contributed by atoms with Gasteiger partial charge in [0.2, 0.25) is 0 Å². The van der Waals surface area contributed by atoms with Crippen molar-refractivity contribution in [2.45, 2.75) is 18.9 Å². The van der Waals surface area contributed by atoms with Gasteiger partial charge in [0.15, 0.2) is 0 Å². The van der Waals surface area contributed by atoms with E-state index in [1.54, 1.807) is 0 Å². The third-order valence-electron chi connectivity index (χ3n) is 3.29. The Bertz CT molecular complexity index is 513. The molecule has 1 aromatic rings. The molecular weight excluding hydrogens is 262 g/mol. The van der Waals surface area contributed by atoms with Crippen LogP contribution in [0.5, 0.6) is 0 Å². The normalized spacial score (nSPS) is 19.1. The molecule has 1 N–H and O–H groups in total. The Morgan fingerprint density at radius 3 is 2.95 bits per heavy atom. The molecule has 0 spiro atoms. The van der Waals surface area contributed by atoms with Crippen LogP contribution in [0.15, 0.2) is 24.3 Å². The van der Waals surface area contributed by atoms with Crippen molar-refractivity contribution >= 4 is 9.84 Å². The molecule has 0 bridgehead atoms. The van der Waals surface area contributed by atoms with Gasteiger partial charge >= 0.3 is 0 Å². The van der Waals surface area contributed by atoms with E-state index in [9.17, 15) is 8.42 Å². The molecule has 1 aliphatic rings. The molecule has 1 aliphatic heterocycles. The van der Waals surface area contributed by atoms with Gasteiger partial charge in [-0.3, -0.25) is 0 Å². The SMILES string of the molecule is CS(=O)(=O)CCCNCC1OCCc2ccccc21. The molecule has 0 radical (unpaired) electrons. The summed E-state index contributed by atoms with van der Waals surface area (Å²) in [6.45, 7) is 2.20. The maximum absolute atomic E-state index is 11.0. The van der Waals surface area contributed by atoms with Crippen molar-refractivity contribution in [3.63, 3.8) is 0 Å². The topological polar surface area (TPSA) is 55.4 Å². The van der Waals surface area contributed by atoms with Crippen molar-refractivity contribution in [2.24, 2.45) is 0 Å². The van der Waals surface area contributed by atoms with Crippen LogP contribution in [-0.4, -0.2) is 40.1 Å². The highest BCUT2D eigenvalue weighted by Gasteiger charge is 2.19. The zero-order valence-electron chi connectivity index (χ0n) is 11.3. The summed E-state index contributed by atoms with van der Waals surface area (Å²) in [5.74, 6) is 0.238. The largest absolute Gasteiger partial charge is 0.372 e. The van der Waals surface area contributed by atoms with Crippen LogP contribution in [0.4, 0.5) is 0 Å². The van der Waals surface area contributed by atoms with E-state index in [4.69, 9.17) is 4.74 Å². The second kappa shape index (κ2) is 6.50. The molecule has 4 nitrogen and oxygen atoms in total. The predicted molar refractivity (Wildman–Crippen MR) is 76.0 cm³/mol. The quantitative estimate of drug-likeness (QED) is 0.800.